The normalized spacial score (nSPS) is 13.9. The first-order valence-corrected chi connectivity index (χ1v) is 13.7. The smallest absolute Gasteiger partial charge is 0.326 e. The Morgan fingerprint density at radius 1 is 0.816 bits per heavy atom. The zero-order valence-corrected chi connectivity index (χ0v) is 22.6. The summed E-state index contributed by atoms with van der Waals surface area (Å²) < 4.78 is 0. The van der Waals surface area contributed by atoms with Gasteiger partial charge in [-0.15, -0.1) is 0 Å². The lowest BCUT2D eigenvalue weighted by atomic mass is 10.1. The van der Waals surface area contributed by atoms with Crippen LogP contribution >= 0.6 is 11.8 Å². The van der Waals surface area contributed by atoms with Gasteiger partial charge < -0.3 is 49.7 Å². The number of nitrogens with one attached hydrogen (secondary N) is 3. The zero-order chi connectivity index (χ0) is 29.1. The Morgan fingerprint density at radius 2 is 1.37 bits per heavy atom. The number of carboxylic acids is 1. The summed E-state index contributed by atoms with van der Waals surface area (Å²) in [7, 11) is 0. The van der Waals surface area contributed by atoms with Crippen LogP contribution < -0.4 is 44.6 Å². The van der Waals surface area contributed by atoms with E-state index in [2.05, 4.69) is 20.9 Å². The van der Waals surface area contributed by atoms with Crippen molar-refractivity contribution < 1.29 is 29.1 Å². The molecule has 0 aromatic carbocycles. The number of nitrogens with two attached hydrogens (primary N) is 5. The number of rotatable bonds is 21. The van der Waals surface area contributed by atoms with Crippen molar-refractivity contribution in [2.45, 2.75) is 75.5 Å². The van der Waals surface area contributed by atoms with Crippen LogP contribution in [0.4, 0.5) is 0 Å². The molecule has 0 spiro atoms. The molecular weight excluding hydrogens is 518 g/mol. The third kappa shape index (κ3) is 15.9. The number of aliphatic carboxylic acids is 1. The lowest BCUT2D eigenvalue weighted by molar-refractivity contribution is -0.142. The number of hydrogen-bond acceptors (Lipinski definition) is 9. The van der Waals surface area contributed by atoms with Crippen molar-refractivity contribution in [3.8, 4) is 0 Å². The number of hydrogen-bond donors (Lipinski definition) is 9. The van der Waals surface area contributed by atoms with Crippen molar-refractivity contribution >= 4 is 47.3 Å². The van der Waals surface area contributed by atoms with Crippen LogP contribution in [0.1, 0.15) is 51.4 Å². The quantitative estimate of drug-likeness (QED) is 0.0388. The first-order valence-electron chi connectivity index (χ1n) is 12.3. The highest BCUT2D eigenvalue weighted by molar-refractivity contribution is 7.98. The Bertz CT molecular complexity index is 810. The van der Waals surface area contributed by atoms with E-state index in [1.807, 2.05) is 6.26 Å². The maximum absolute atomic E-state index is 13.1. The van der Waals surface area contributed by atoms with Gasteiger partial charge in [-0.3, -0.25) is 24.2 Å². The first-order chi connectivity index (χ1) is 17.9. The van der Waals surface area contributed by atoms with E-state index in [1.54, 1.807) is 0 Å². The summed E-state index contributed by atoms with van der Waals surface area (Å²) in [5.74, 6) is -3.39. The largest absolute Gasteiger partial charge is 0.480 e. The third-order valence-corrected chi connectivity index (χ3v) is 6.07. The molecule has 38 heavy (non-hydrogen) atoms. The number of nitrogens with zero attached hydrogens (tertiary/aromatic N) is 1. The van der Waals surface area contributed by atoms with E-state index in [-0.39, 0.29) is 44.6 Å². The van der Waals surface area contributed by atoms with Crippen molar-refractivity contribution in [2.75, 3.05) is 25.1 Å². The molecular formula is C22H43N9O6S. The molecule has 4 unspecified atom stereocenters. The Morgan fingerprint density at radius 3 is 1.89 bits per heavy atom. The molecule has 218 valence electrons. The number of carboxylic acid groups (broad SMARTS) is 1. The van der Waals surface area contributed by atoms with Crippen molar-refractivity contribution in [1.29, 1.82) is 0 Å². The molecule has 0 fully saturated rings. The minimum atomic E-state index is -1.25. The second-order valence-electron chi connectivity index (χ2n) is 8.65. The Kier molecular flexibility index (Phi) is 18.3. The standard InChI is InChI=1S/C22H43N9O6S/c1-38-12-9-15(29-18(33)13(24)7-8-17(25)32)20(35)30-14(5-2-3-10-23)19(34)31-16(21(36)37)6-4-11-28-22(26)27/h13-16H,2-12,23-24H2,1H3,(H2,25,32)(H,29,33)(H,30,35)(H,31,34)(H,36,37)(H4,26,27,28). The fourth-order valence-corrected chi connectivity index (χ4v) is 3.75. The van der Waals surface area contributed by atoms with Crippen LogP contribution in [0.3, 0.4) is 0 Å². The fourth-order valence-electron chi connectivity index (χ4n) is 3.28. The molecule has 15 nitrogen and oxygen atoms in total. The van der Waals surface area contributed by atoms with Crippen molar-refractivity contribution in [3.63, 3.8) is 0 Å². The van der Waals surface area contributed by atoms with E-state index in [4.69, 9.17) is 28.7 Å². The van der Waals surface area contributed by atoms with Crippen LogP contribution in [-0.4, -0.2) is 89.9 Å². The van der Waals surface area contributed by atoms with Crippen LogP contribution in [0.25, 0.3) is 0 Å². The van der Waals surface area contributed by atoms with E-state index in [9.17, 15) is 29.1 Å². The topological polar surface area (TPSA) is 284 Å². The molecule has 16 heteroatoms. The van der Waals surface area contributed by atoms with E-state index in [1.165, 1.54) is 11.8 Å². The summed E-state index contributed by atoms with van der Waals surface area (Å²) in [4.78, 5) is 65.1. The van der Waals surface area contributed by atoms with Crippen molar-refractivity contribution in [2.24, 2.45) is 33.7 Å². The summed E-state index contributed by atoms with van der Waals surface area (Å²) >= 11 is 1.45. The van der Waals surface area contributed by atoms with Crippen LogP contribution in [0.5, 0.6) is 0 Å². The van der Waals surface area contributed by atoms with E-state index >= 15 is 0 Å². The van der Waals surface area contributed by atoms with Crippen LogP contribution in [0, 0.1) is 0 Å². The van der Waals surface area contributed by atoms with Gasteiger partial charge in [0.05, 0.1) is 6.04 Å². The van der Waals surface area contributed by atoms with Gasteiger partial charge in [0.1, 0.15) is 18.1 Å². The summed E-state index contributed by atoms with van der Waals surface area (Å²) in [5.41, 5.74) is 27.0. The van der Waals surface area contributed by atoms with E-state index in [0.29, 0.717) is 31.6 Å². The number of unbranched alkanes of at least 4 members (excludes halogenated alkanes) is 1. The molecule has 0 aliphatic rings. The molecule has 0 heterocycles. The number of primary amides is 1. The van der Waals surface area contributed by atoms with Gasteiger partial charge in [-0.1, -0.05) is 0 Å². The molecule has 0 radical (unpaired) electrons. The molecule has 0 saturated carbocycles. The SMILES string of the molecule is CSCCC(NC(=O)C(N)CCC(N)=O)C(=O)NC(CCCCN)C(=O)NC(CCCN=C(N)N)C(=O)O. The molecule has 0 aromatic rings. The van der Waals surface area contributed by atoms with Gasteiger partial charge in [0, 0.05) is 13.0 Å². The second-order valence-corrected chi connectivity index (χ2v) is 9.63. The van der Waals surface area contributed by atoms with E-state index < -0.39 is 53.8 Å². The highest BCUT2D eigenvalue weighted by atomic mass is 32.2. The molecule has 14 N–H and O–H groups in total. The molecule has 0 rings (SSSR count). The van der Waals surface area contributed by atoms with Crippen molar-refractivity contribution in [1.82, 2.24) is 16.0 Å². The van der Waals surface area contributed by atoms with Gasteiger partial charge in [0.25, 0.3) is 0 Å². The number of carbonyl (C=O) groups is 5. The van der Waals surface area contributed by atoms with Gasteiger partial charge in [-0.05, 0) is 63.5 Å². The van der Waals surface area contributed by atoms with Crippen LogP contribution in [0.15, 0.2) is 4.99 Å². The molecule has 4 atom stereocenters. The molecule has 4 amide bonds. The fraction of sp³-hybridized carbons (Fsp3) is 0.727. The predicted molar refractivity (Wildman–Crippen MR) is 146 cm³/mol. The minimum absolute atomic E-state index is 0.0158. The van der Waals surface area contributed by atoms with Crippen molar-refractivity contribution in [3.05, 3.63) is 0 Å². The molecule has 0 bridgehead atoms. The number of aliphatic imine (C=N–C) groups is 1. The average Bonchev–Trinajstić information content (AvgIpc) is 2.85. The van der Waals surface area contributed by atoms with E-state index in [0.717, 1.165) is 0 Å². The van der Waals surface area contributed by atoms with Gasteiger partial charge in [0.15, 0.2) is 5.96 Å². The Hall–Kier alpha value is -3.11. The highest BCUT2D eigenvalue weighted by Gasteiger charge is 2.30. The zero-order valence-electron chi connectivity index (χ0n) is 21.8. The summed E-state index contributed by atoms with van der Waals surface area (Å²) in [5, 5.41) is 17.2. The van der Waals surface area contributed by atoms with Gasteiger partial charge in [0.2, 0.25) is 23.6 Å². The van der Waals surface area contributed by atoms with Crippen LogP contribution in [-0.2, 0) is 24.0 Å². The molecule has 0 aliphatic carbocycles. The minimum Gasteiger partial charge on any atom is -0.480 e. The summed E-state index contributed by atoms with van der Waals surface area (Å²) in [6.45, 7) is 0.567. The lowest BCUT2D eigenvalue weighted by Crippen LogP contribution is -2.57. The number of thioether (sulfide) groups is 1. The van der Waals surface area contributed by atoms with Gasteiger partial charge in [-0.25, -0.2) is 4.79 Å². The third-order valence-electron chi connectivity index (χ3n) is 5.42. The molecule has 0 aromatic heterocycles. The Labute approximate surface area is 226 Å². The lowest BCUT2D eigenvalue weighted by Gasteiger charge is -2.25. The molecule has 0 saturated heterocycles. The van der Waals surface area contributed by atoms with Gasteiger partial charge >= 0.3 is 5.97 Å². The first kappa shape index (κ1) is 34.9. The number of carbonyl (C=O) groups excluding carboxylic acids is 4. The summed E-state index contributed by atoms with van der Waals surface area (Å²) in [6, 6.07) is -4.34. The predicted octanol–water partition coefficient (Wildman–Crippen LogP) is -2.95. The molecule has 0 aliphatic heterocycles. The van der Waals surface area contributed by atoms with Crippen LogP contribution in [0.2, 0.25) is 0 Å². The highest BCUT2D eigenvalue weighted by Crippen LogP contribution is 2.08. The second kappa shape index (κ2) is 19.9. The number of guanidine groups is 1. The number of amides is 4. The summed E-state index contributed by atoms with van der Waals surface area (Å²) in [6.07, 6.45) is 3.67. The maximum atomic E-state index is 13.1. The van der Waals surface area contributed by atoms with Gasteiger partial charge in [-0.2, -0.15) is 11.8 Å². The average molecular weight is 562 g/mol. The monoisotopic (exact) mass is 561 g/mol. The Balaban J connectivity index is 5.46. The maximum Gasteiger partial charge on any atom is 0.326 e.